The minimum atomic E-state index is -0.485. The maximum Gasteiger partial charge on any atom is 0.310 e. The summed E-state index contributed by atoms with van der Waals surface area (Å²) in [5.41, 5.74) is 0. The van der Waals surface area contributed by atoms with E-state index in [1.165, 1.54) is 7.11 Å². The number of carbonyl (C=O) groups is 2. The van der Waals surface area contributed by atoms with Crippen LogP contribution in [0, 0.1) is 24.2 Å². The van der Waals surface area contributed by atoms with Crippen LogP contribution in [0.25, 0.3) is 0 Å². The molecule has 1 atom stereocenters. The fourth-order valence-corrected chi connectivity index (χ4v) is 2.04. The SMILES string of the molecule is C#CC(C)OC(=O)C1CCC(C(=O)OC)CC1. The van der Waals surface area contributed by atoms with Crippen molar-refractivity contribution in [1.82, 2.24) is 0 Å². The molecule has 4 heteroatoms. The molecular weight excluding hydrogens is 220 g/mol. The van der Waals surface area contributed by atoms with Gasteiger partial charge in [0.15, 0.2) is 6.10 Å². The first-order chi connectivity index (χ1) is 8.08. The van der Waals surface area contributed by atoms with Crippen LogP contribution in [-0.2, 0) is 19.1 Å². The van der Waals surface area contributed by atoms with E-state index in [9.17, 15) is 9.59 Å². The Morgan fingerprint density at radius 1 is 1.18 bits per heavy atom. The third-order valence-electron chi connectivity index (χ3n) is 3.12. The highest BCUT2D eigenvalue weighted by Gasteiger charge is 2.31. The average molecular weight is 238 g/mol. The third-order valence-corrected chi connectivity index (χ3v) is 3.12. The molecule has 1 aliphatic rings. The van der Waals surface area contributed by atoms with Crippen molar-refractivity contribution < 1.29 is 19.1 Å². The molecule has 1 aliphatic carbocycles. The molecule has 0 saturated heterocycles. The van der Waals surface area contributed by atoms with Gasteiger partial charge in [0.05, 0.1) is 18.9 Å². The summed E-state index contributed by atoms with van der Waals surface area (Å²) in [4.78, 5) is 23.0. The minimum Gasteiger partial charge on any atom is -0.469 e. The van der Waals surface area contributed by atoms with E-state index in [2.05, 4.69) is 10.7 Å². The number of rotatable bonds is 3. The van der Waals surface area contributed by atoms with Crippen molar-refractivity contribution in [3.63, 3.8) is 0 Å². The molecule has 17 heavy (non-hydrogen) atoms. The predicted molar refractivity (Wildman–Crippen MR) is 61.9 cm³/mol. The lowest BCUT2D eigenvalue weighted by Crippen LogP contribution is -2.29. The van der Waals surface area contributed by atoms with Crippen molar-refractivity contribution in [2.45, 2.75) is 38.7 Å². The van der Waals surface area contributed by atoms with E-state index in [0.717, 1.165) is 0 Å². The van der Waals surface area contributed by atoms with E-state index in [1.54, 1.807) is 6.92 Å². The Morgan fingerprint density at radius 3 is 2.06 bits per heavy atom. The van der Waals surface area contributed by atoms with Crippen LogP contribution in [0.1, 0.15) is 32.6 Å². The van der Waals surface area contributed by atoms with Crippen molar-refractivity contribution in [3.05, 3.63) is 0 Å². The topological polar surface area (TPSA) is 52.6 Å². The molecule has 1 unspecified atom stereocenters. The second-order valence-electron chi connectivity index (χ2n) is 4.32. The zero-order valence-corrected chi connectivity index (χ0v) is 10.3. The van der Waals surface area contributed by atoms with E-state index < -0.39 is 6.10 Å². The normalized spacial score (nSPS) is 25.5. The van der Waals surface area contributed by atoms with Gasteiger partial charge in [0.1, 0.15) is 0 Å². The van der Waals surface area contributed by atoms with Crippen LogP contribution >= 0.6 is 0 Å². The van der Waals surface area contributed by atoms with Crippen molar-refractivity contribution in [1.29, 1.82) is 0 Å². The van der Waals surface area contributed by atoms with Crippen molar-refractivity contribution >= 4 is 11.9 Å². The summed E-state index contributed by atoms with van der Waals surface area (Å²) in [6, 6.07) is 0. The van der Waals surface area contributed by atoms with Gasteiger partial charge in [-0.2, -0.15) is 0 Å². The van der Waals surface area contributed by atoms with Gasteiger partial charge in [0.25, 0.3) is 0 Å². The summed E-state index contributed by atoms with van der Waals surface area (Å²) in [6.07, 6.45) is 7.34. The average Bonchev–Trinajstić information content (AvgIpc) is 2.37. The Balaban J connectivity index is 2.39. The first kappa shape index (κ1) is 13.6. The van der Waals surface area contributed by atoms with Crippen LogP contribution in [0.15, 0.2) is 0 Å². The molecule has 94 valence electrons. The summed E-state index contributed by atoms with van der Waals surface area (Å²) in [5.74, 6) is 1.71. The maximum absolute atomic E-state index is 11.7. The maximum atomic E-state index is 11.7. The quantitative estimate of drug-likeness (QED) is 0.552. The standard InChI is InChI=1S/C13H18O4/c1-4-9(2)17-13(15)11-7-5-10(6-8-11)12(14)16-3/h1,9-11H,5-8H2,2-3H3. The molecule has 1 rings (SSSR count). The zero-order valence-electron chi connectivity index (χ0n) is 10.3. The van der Waals surface area contributed by atoms with Gasteiger partial charge < -0.3 is 9.47 Å². The Hall–Kier alpha value is -1.50. The van der Waals surface area contributed by atoms with Crippen LogP contribution in [0.5, 0.6) is 0 Å². The minimum absolute atomic E-state index is 0.0749. The van der Waals surface area contributed by atoms with Gasteiger partial charge >= 0.3 is 11.9 Å². The second kappa shape index (κ2) is 6.29. The van der Waals surface area contributed by atoms with E-state index in [1.807, 2.05) is 0 Å². The van der Waals surface area contributed by atoms with Crippen LogP contribution in [-0.4, -0.2) is 25.2 Å². The Bertz CT molecular complexity index is 321. The molecule has 4 nitrogen and oxygen atoms in total. The van der Waals surface area contributed by atoms with Gasteiger partial charge in [-0.15, -0.1) is 6.42 Å². The second-order valence-corrected chi connectivity index (χ2v) is 4.32. The summed E-state index contributed by atoms with van der Waals surface area (Å²) >= 11 is 0. The number of hydrogen-bond acceptors (Lipinski definition) is 4. The van der Waals surface area contributed by atoms with Gasteiger partial charge in [0.2, 0.25) is 0 Å². The predicted octanol–water partition coefficient (Wildman–Crippen LogP) is 1.53. The molecule has 0 aromatic heterocycles. The smallest absolute Gasteiger partial charge is 0.310 e. The van der Waals surface area contributed by atoms with E-state index in [-0.39, 0.29) is 23.8 Å². The highest BCUT2D eigenvalue weighted by Crippen LogP contribution is 2.30. The van der Waals surface area contributed by atoms with Gasteiger partial charge in [-0.1, -0.05) is 5.92 Å². The van der Waals surface area contributed by atoms with E-state index in [4.69, 9.17) is 11.2 Å². The van der Waals surface area contributed by atoms with Crippen molar-refractivity contribution in [2.75, 3.05) is 7.11 Å². The molecule has 0 radical (unpaired) electrons. The molecule has 0 aromatic rings. The molecular formula is C13H18O4. The van der Waals surface area contributed by atoms with Crippen LogP contribution < -0.4 is 0 Å². The lowest BCUT2D eigenvalue weighted by atomic mass is 9.82. The number of methoxy groups -OCH3 is 1. The molecule has 0 heterocycles. The van der Waals surface area contributed by atoms with Gasteiger partial charge in [-0.05, 0) is 32.6 Å². The Morgan fingerprint density at radius 2 is 1.65 bits per heavy atom. The first-order valence-corrected chi connectivity index (χ1v) is 5.83. The van der Waals surface area contributed by atoms with Gasteiger partial charge in [-0.25, -0.2) is 0 Å². The number of hydrogen-bond donors (Lipinski definition) is 0. The summed E-state index contributed by atoms with van der Waals surface area (Å²) < 4.78 is 9.76. The highest BCUT2D eigenvalue weighted by molar-refractivity contribution is 5.75. The van der Waals surface area contributed by atoms with Crippen molar-refractivity contribution in [2.24, 2.45) is 11.8 Å². The lowest BCUT2D eigenvalue weighted by Gasteiger charge is -2.25. The number of ether oxygens (including phenoxy) is 2. The molecule has 0 spiro atoms. The third kappa shape index (κ3) is 3.77. The molecule has 0 amide bonds. The molecule has 0 bridgehead atoms. The van der Waals surface area contributed by atoms with Crippen LogP contribution in [0.4, 0.5) is 0 Å². The lowest BCUT2D eigenvalue weighted by molar-refractivity contribution is -0.155. The van der Waals surface area contributed by atoms with Gasteiger partial charge in [-0.3, -0.25) is 9.59 Å². The summed E-state index contributed by atoms with van der Waals surface area (Å²) in [5, 5.41) is 0. The Kier molecular flexibility index (Phi) is 5.02. The Labute approximate surface area is 102 Å². The molecule has 0 N–H and O–H groups in total. The fraction of sp³-hybridized carbons (Fsp3) is 0.692. The first-order valence-electron chi connectivity index (χ1n) is 5.83. The van der Waals surface area contributed by atoms with E-state index >= 15 is 0 Å². The number of carbonyl (C=O) groups excluding carboxylic acids is 2. The fourth-order valence-electron chi connectivity index (χ4n) is 2.04. The number of esters is 2. The van der Waals surface area contributed by atoms with Gasteiger partial charge in [0, 0.05) is 0 Å². The zero-order chi connectivity index (χ0) is 12.8. The van der Waals surface area contributed by atoms with E-state index in [0.29, 0.717) is 25.7 Å². The molecule has 0 aromatic carbocycles. The van der Waals surface area contributed by atoms with Crippen LogP contribution in [0.2, 0.25) is 0 Å². The summed E-state index contributed by atoms with van der Waals surface area (Å²) in [7, 11) is 1.39. The number of terminal acetylenes is 1. The molecule has 1 saturated carbocycles. The van der Waals surface area contributed by atoms with Crippen molar-refractivity contribution in [3.8, 4) is 12.3 Å². The molecule has 0 aliphatic heterocycles. The largest absolute Gasteiger partial charge is 0.469 e. The molecule has 1 fully saturated rings. The highest BCUT2D eigenvalue weighted by atomic mass is 16.5. The monoisotopic (exact) mass is 238 g/mol. The summed E-state index contributed by atoms with van der Waals surface area (Å²) in [6.45, 7) is 1.66. The van der Waals surface area contributed by atoms with Crippen LogP contribution in [0.3, 0.4) is 0 Å².